The van der Waals surface area contributed by atoms with Crippen LogP contribution in [0.15, 0.2) is 53.3 Å². The van der Waals surface area contributed by atoms with Crippen molar-refractivity contribution in [1.82, 2.24) is 9.55 Å². The molecule has 0 atom stereocenters. The fourth-order valence-electron chi connectivity index (χ4n) is 2.55. The minimum absolute atomic E-state index is 0. The van der Waals surface area contributed by atoms with Crippen molar-refractivity contribution in [2.24, 2.45) is 0 Å². The summed E-state index contributed by atoms with van der Waals surface area (Å²) >= 11 is 0. The monoisotopic (exact) mass is 525 g/mol. The van der Waals surface area contributed by atoms with Crippen LogP contribution in [0.2, 0.25) is 0 Å². The molecule has 2 aromatic carbocycles. The van der Waals surface area contributed by atoms with E-state index in [1.165, 1.54) is 19.2 Å². The number of fused-ring (bicyclic) bond motifs is 1. The van der Waals surface area contributed by atoms with Crippen LogP contribution in [0.1, 0.15) is 16.2 Å². The number of aryl methyl sites for hydroxylation is 1. The van der Waals surface area contributed by atoms with Gasteiger partial charge in [-0.05, 0) is 19.1 Å². The molecule has 7 nitrogen and oxygen atoms in total. The number of rotatable bonds is 4. The van der Waals surface area contributed by atoms with E-state index >= 15 is 0 Å². The normalized spacial score (nSPS) is 10.2. The number of hydrogen-bond donors (Lipinski definition) is 0. The molecule has 1 heterocycles. The maximum absolute atomic E-state index is 12.1. The molecular formula is C21H23F3N4O3Y-2. The van der Waals surface area contributed by atoms with Crippen molar-refractivity contribution < 1.29 is 55.4 Å². The molecule has 2 N–H and O–H groups in total. The molecule has 0 bridgehead atoms. The van der Waals surface area contributed by atoms with Crippen LogP contribution >= 0.6 is 0 Å². The Labute approximate surface area is 208 Å². The number of hydrogen-bond acceptors (Lipinski definition) is 4. The average molecular weight is 525 g/mol. The van der Waals surface area contributed by atoms with Crippen molar-refractivity contribution in [3.8, 4) is 0 Å². The number of carbonyl (C=O) groups is 1. The number of ether oxygens (including phenoxy) is 1. The van der Waals surface area contributed by atoms with Gasteiger partial charge in [0.25, 0.3) is 11.3 Å². The van der Waals surface area contributed by atoms with Crippen LogP contribution in [0.5, 0.6) is 0 Å². The van der Waals surface area contributed by atoms with E-state index in [0.717, 1.165) is 23.5 Å². The first-order valence-electron chi connectivity index (χ1n) is 9.03. The van der Waals surface area contributed by atoms with Gasteiger partial charge < -0.3 is 16.2 Å². The first kappa shape index (κ1) is 29.9. The van der Waals surface area contributed by atoms with Crippen LogP contribution in [-0.4, -0.2) is 42.3 Å². The summed E-state index contributed by atoms with van der Waals surface area (Å²) in [6.45, 7) is 2.89. The van der Waals surface area contributed by atoms with E-state index in [0.29, 0.717) is 18.5 Å². The van der Waals surface area contributed by atoms with Gasteiger partial charge in [0.15, 0.2) is 0 Å². The Hall–Kier alpha value is -2.14. The van der Waals surface area contributed by atoms with Gasteiger partial charge in [-0.15, -0.1) is 5.69 Å². The Morgan fingerprint density at radius 2 is 1.75 bits per heavy atom. The average Bonchev–Trinajstić information content (AvgIpc) is 2.74. The van der Waals surface area contributed by atoms with Crippen LogP contribution in [-0.2, 0) is 44.0 Å². The molecule has 0 unspecified atom stereocenters. The van der Waals surface area contributed by atoms with Crippen molar-refractivity contribution in [3.63, 3.8) is 0 Å². The molecule has 1 radical (unpaired) electrons. The van der Waals surface area contributed by atoms with Crippen molar-refractivity contribution >= 4 is 22.4 Å². The van der Waals surface area contributed by atoms with E-state index in [-0.39, 0.29) is 44.0 Å². The molecule has 3 rings (SSSR count). The molecule has 0 amide bonds. The fraction of sp³-hybridized carbons (Fsp3) is 0.286. The molecule has 171 valence electrons. The van der Waals surface area contributed by atoms with Crippen molar-refractivity contribution in [2.45, 2.75) is 19.6 Å². The van der Waals surface area contributed by atoms with Gasteiger partial charge in [-0.3, -0.25) is 14.2 Å². The Morgan fingerprint density at radius 1 is 1.12 bits per heavy atom. The number of para-hydroxylation sites is 1. The molecule has 0 fully saturated rings. The predicted molar refractivity (Wildman–Crippen MR) is 114 cm³/mol. The largest absolute Gasteiger partial charge is 0.699 e. The van der Waals surface area contributed by atoms with E-state index in [9.17, 15) is 22.8 Å². The van der Waals surface area contributed by atoms with E-state index in [1.54, 1.807) is 17.7 Å². The SMILES string of the molecule is COCCn1c(C)nc2ccccc2c1=O.C[NH-].[NH-]c1cccc(C(=O)C(F)(F)F)c1.[Y]. The molecule has 32 heavy (non-hydrogen) atoms. The summed E-state index contributed by atoms with van der Waals surface area (Å²) in [6.07, 6.45) is -4.87. The second-order valence-electron chi connectivity index (χ2n) is 6.03. The zero-order valence-electron chi connectivity index (χ0n) is 17.9. The third-order valence-electron chi connectivity index (χ3n) is 3.95. The minimum Gasteiger partial charge on any atom is -0.699 e. The Balaban J connectivity index is 0.000000552. The topological polar surface area (TPSA) is 109 Å². The van der Waals surface area contributed by atoms with Gasteiger partial charge in [-0.25, -0.2) is 4.98 Å². The molecule has 11 heteroatoms. The summed E-state index contributed by atoms with van der Waals surface area (Å²) in [7, 11) is 2.87. The number of halogens is 3. The first-order chi connectivity index (χ1) is 14.6. The first-order valence-corrected chi connectivity index (χ1v) is 9.03. The van der Waals surface area contributed by atoms with Gasteiger partial charge in [-0.2, -0.15) is 20.2 Å². The summed E-state index contributed by atoms with van der Waals surface area (Å²) < 4.78 is 42.2. The van der Waals surface area contributed by atoms with Crippen molar-refractivity contribution in [2.75, 3.05) is 20.8 Å². The molecule has 0 saturated carbocycles. The number of Topliss-reactive ketones (excluding diaryl/α,β-unsaturated/α-hetero) is 1. The summed E-state index contributed by atoms with van der Waals surface area (Å²) in [5, 5.41) is 0.657. The number of benzene rings is 2. The van der Waals surface area contributed by atoms with E-state index < -0.39 is 17.5 Å². The third kappa shape index (κ3) is 8.42. The van der Waals surface area contributed by atoms with Crippen LogP contribution in [0, 0.1) is 6.92 Å². The van der Waals surface area contributed by atoms with Gasteiger partial charge in [0.2, 0.25) is 0 Å². The summed E-state index contributed by atoms with van der Waals surface area (Å²) in [6, 6.07) is 11.8. The zero-order valence-corrected chi connectivity index (χ0v) is 20.7. The second-order valence-corrected chi connectivity index (χ2v) is 6.03. The predicted octanol–water partition coefficient (Wildman–Crippen LogP) is 5.13. The molecule has 0 aliphatic rings. The zero-order chi connectivity index (χ0) is 23.6. The number of carbonyl (C=O) groups excluding carboxylic acids is 1. The molecule has 3 aromatic rings. The van der Waals surface area contributed by atoms with Gasteiger partial charge in [0.1, 0.15) is 5.82 Å². The van der Waals surface area contributed by atoms with Gasteiger partial charge in [0.05, 0.1) is 24.1 Å². The summed E-state index contributed by atoms with van der Waals surface area (Å²) in [4.78, 5) is 27.1. The van der Waals surface area contributed by atoms with Crippen LogP contribution in [0.3, 0.4) is 0 Å². The number of nitrogens with zero attached hydrogens (tertiary/aromatic N) is 2. The van der Waals surface area contributed by atoms with Gasteiger partial charge in [-0.1, -0.05) is 36.4 Å². The van der Waals surface area contributed by atoms with Crippen molar-refractivity contribution in [1.29, 1.82) is 0 Å². The summed E-state index contributed by atoms with van der Waals surface area (Å²) in [5.41, 5.74) is 12.9. The van der Waals surface area contributed by atoms with E-state index in [4.69, 9.17) is 16.2 Å². The molecular weight excluding hydrogens is 502 g/mol. The smallest absolute Gasteiger partial charge is 0.454 e. The maximum Gasteiger partial charge on any atom is 0.454 e. The standard InChI is InChI=1S/C12H14N2O2.C8H5F3NO.CH4N.Y/c1-9-13-11-6-4-3-5-10(11)12(15)14(9)7-8-16-2;9-8(10,11)7(13)5-2-1-3-6(12)4-5;1-2;/h3-6H,7-8H2,1-2H3;1-4,12H;2H,1H3;/q;2*-1;. The van der Waals surface area contributed by atoms with Crippen LogP contribution in [0.25, 0.3) is 22.4 Å². The van der Waals surface area contributed by atoms with E-state index in [1.807, 2.05) is 25.1 Å². The van der Waals surface area contributed by atoms with Gasteiger partial charge in [0, 0.05) is 45.4 Å². The number of alkyl halides is 3. The minimum atomic E-state index is -4.87. The van der Waals surface area contributed by atoms with E-state index in [2.05, 4.69) is 4.98 Å². The molecule has 0 aliphatic carbocycles. The quantitative estimate of drug-likeness (QED) is 0.440. The molecule has 0 saturated heterocycles. The number of methoxy groups -OCH3 is 1. The number of nitrogens with one attached hydrogen (secondary N) is 2. The molecule has 1 aromatic heterocycles. The Morgan fingerprint density at radius 3 is 2.31 bits per heavy atom. The van der Waals surface area contributed by atoms with Gasteiger partial charge >= 0.3 is 6.18 Å². The molecule has 0 aliphatic heterocycles. The van der Waals surface area contributed by atoms with Crippen LogP contribution < -0.4 is 5.56 Å². The third-order valence-corrected chi connectivity index (χ3v) is 3.95. The van der Waals surface area contributed by atoms with Crippen LogP contribution in [0.4, 0.5) is 18.9 Å². The Kier molecular flexibility index (Phi) is 13.2. The van der Waals surface area contributed by atoms with Crippen molar-refractivity contribution in [3.05, 3.63) is 81.7 Å². The second kappa shape index (κ2) is 14.1. The number of ketones is 1. The fourth-order valence-corrected chi connectivity index (χ4v) is 2.55. The summed E-state index contributed by atoms with van der Waals surface area (Å²) in [5.74, 6) is -1.19. The maximum atomic E-state index is 12.1. The Bertz CT molecular complexity index is 1070. The number of aromatic nitrogens is 2. The molecule has 0 spiro atoms.